The molecule has 7 aliphatic rings. The van der Waals surface area contributed by atoms with Crippen molar-refractivity contribution >= 4 is 131 Å². The van der Waals surface area contributed by atoms with E-state index in [-0.39, 0.29) is 131 Å². The summed E-state index contributed by atoms with van der Waals surface area (Å²) in [7, 11) is 5.26. The molecule has 0 amide bonds. The van der Waals surface area contributed by atoms with Gasteiger partial charge in [0.05, 0.1) is 167 Å². The molecule has 3 aromatic rings. The maximum atomic E-state index is 11.4. The Labute approximate surface area is 823 Å². The molecule has 142 heavy (non-hydrogen) atoms. The molecule has 51 heteroatoms. The van der Waals surface area contributed by atoms with Crippen LogP contribution in [0.3, 0.4) is 0 Å². The van der Waals surface area contributed by atoms with Crippen LogP contribution in [0.1, 0.15) is 188 Å². The minimum absolute atomic E-state index is 0.0116. The molecule has 50 nitrogen and oxygen atoms in total. The number of aryl methyl sites for hydroxylation is 1. The number of nitrogens with two attached hydrogens (primary N) is 2. The van der Waals surface area contributed by atoms with Crippen LogP contribution in [0, 0.1) is 18.3 Å². The van der Waals surface area contributed by atoms with Crippen molar-refractivity contribution in [3.8, 4) is 5.75 Å². The lowest BCUT2D eigenvalue weighted by atomic mass is 9.77. The Morgan fingerprint density at radius 2 is 0.993 bits per heavy atom. The van der Waals surface area contributed by atoms with Crippen molar-refractivity contribution in [1.29, 1.82) is 0 Å². The number of methoxy groups -OCH3 is 4. The van der Waals surface area contributed by atoms with E-state index in [9.17, 15) is 96.8 Å². The number of aliphatic imine (C=N–C) groups is 1. The zero-order valence-electron chi connectivity index (χ0n) is 81.6. The number of carbonyl (C=O) groups is 17. The van der Waals surface area contributed by atoms with E-state index in [0.29, 0.717) is 110 Å². The Balaban J connectivity index is 0.00000155. The van der Waals surface area contributed by atoms with Gasteiger partial charge in [-0.3, -0.25) is 57.8 Å². The maximum absolute atomic E-state index is 11.4. The van der Waals surface area contributed by atoms with Gasteiger partial charge in [-0.1, -0.05) is 31.0 Å². The third-order valence-corrected chi connectivity index (χ3v) is 21.1. The summed E-state index contributed by atoms with van der Waals surface area (Å²) in [5.74, 6) is -10.3. The highest BCUT2D eigenvalue weighted by Crippen LogP contribution is 2.34. The smallest absolute Gasteiger partial charge is 0.347 e. The number of hydrogen-bond donors (Lipinski definition) is 15. The second kappa shape index (κ2) is 70.4. The zero-order valence-corrected chi connectivity index (χ0v) is 82.4. The van der Waals surface area contributed by atoms with Crippen molar-refractivity contribution in [2.45, 2.75) is 224 Å². The molecule has 1 aliphatic carbocycles. The van der Waals surface area contributed by atoms with Crippen LogP contribution in [0.2, 0.25) is 0 Å². The number of rotatable bonds is 35. The van der Waals surface area contributed by atoms with Crippen molar-refractivity contribution in [2.75, 3.05) is 139 Å². The van der Waals surface area contributed by atoms with E-state index in [1.807, 2.05) is 49.9 Å². The predicted octanol–water partition coefficient (Wildman–Crippen LogP) is 2.36. The summed E-state index contributed by atoms with van der Waals surface area (Å²) in [4.78, 5) is 192. The van der Waals surface area contributed by atoms with Gasteiger partial charge < -0.3 is 144 Å². The number of nitrogens with one attached hydrogen (secondary N) is 1. The number of carbonyl (C=O) groups excluding carboxylic acids is 13. The number of benzene rings is 3. The number of cyclic esters (lactones) is 6. The topological polar surface area (TPSA) is 754 Å². The molecule has 17 N–H and O–H groups in total. The van der Waals surface area contributed by atoms with Crippen LogP contribution in [0.25, 0.3) is 0 Å². The van der Waals surface area contributed by atoms with Gasteiger partial charge in [0.25, 0.3) is 6.47 Å². The molecule has 5 saturated heterocycles. The number of carboxylic acid groups (broad SMARTS) is 4. The molecular weight excluding hydrogens is 1910 g/mol. The second-order valence-corrected chi connectivity index (χ2v) is 32.9. The van der Waals surface area contributed by atoms with E-state index < -0.39 is 149 Å². The Morgan fingerprint density at radius 1 is 0.570 bits per heavy atom. The molecule has 6 unspecified atom stereocenters. The summed E-state index contributed by atoms with van der Waals surface area (Å²) < 4.78 is 69.6. The molecule has 10 rings (SSSR count). The lowest BCUT2D eigenvalue weighted by molar-refractivity contribution is -0.207. The van der Waals surface area contributed by atoms with E-state index in [0.717, 1.165) is 47.0 Å². The summed E-state index contributed by atoms with van der Waals surface area (Å²) in [6.45, 7) is 18.0. The first-order chi connectivity index (χ1) is 66.9. The summed E-state index contributed by atoms with van der Waals surface area (Å²) >= 11 is 0.940. The fraction of sp³-hybridized carbons (Fsp3) is 0.604. The number of ether oxygens (including phenoxy) is 14. The number of ketones is 1. The Bertz CT molecular complexity index is 4300. The van der Waals surface area contributed by atoms with Crippen LogP contribution in [-0.4, -0.2) is 366 Å². The fourth-order valence-electron chi connectivity index (χ4n) is 12.1. The first-order valence-electron chi connectivity index (χ1n) is 44.4. The lowest BCUT2D eigenvalue weighted by Crippen LogP contribution is -2.54. The van der Waals surface area contributed by atoms with Gasteiger partial charge in [-0.15, -0.1) is 0 Å². The van der Waals surface area contributed by atoms with E-state index >= 15 is 0 Å². The Hall–Kier alpha value is -12.3. The average molecular weight is 2050 g/mol. The molecule has 1 spiro atoms. The van der Waals surface area contributed by atoms with Crippen molar-refractivity contribution in [3.63, 3.8) is 0 Å². The van der Waals surface area contributed by atoms with Crippen molar-refractivity contribution < 1.29 is 214 Å². The first kappa shape index (κ1) is 130. The summed E-state index contributed by atoms with van der Waals surface area (Å²) in [6.07, 6.45) is 2.04. The fourth-order valence-corrected chi connectivity index (χ4v) is 12.5. The van der Waals surface area contributed by atoms with Gasteiger partial charge in [0.15, 0.2) is 36.0 Å². The molecular formula is C91H136N6O44S. The number of unbranched alkanes of at least 4 members (excludes halogenated alkanes) is 2. The number of hydrogen-bond acceptors (Lipinski definition) is 47. The first-order valence-corrected chi connectivity index (χ1v) is 45.1. The molecule has 1 saturated carbocycles. The molecule has 0 radical (unpaired) electrons. The van der Waals surface area contributed by atoms with Crippen molar-refractivity contribution in [1.82, 2.24) is 15.1 Å². The highest BCUT2D eigenvalue weighted by molar-refractivity contribution is 7.94. The number of aliphatic hydroxyl groups is 7. The van der Waals surface area contributed by atoms with Gasteiger partial charge in [-0.05, 0) is 136 Å². The summed E-state index contributed by atoms with van der Waals surface area (Å²) in [6, 6.07) is 16.1. The highest BCUT2D eigenvalue weighted by Gasteiger charge is 2.46. The number of fused-ring (bicyclic) bond motifs is 1. The van der Waals surface area contributed by atoms with Crippen molar-refractivity contribution in [3.05, 3.63) is 82.9 Å². The number of anilines is 2. The maximum Gasteiger partial charge on any atom is 0.347 e. The van der Waals surface area contributed by atoms with Crippen LogP contribution < -0.4 is 21.5 Å². The third-order valence-electron chi connectivity index (χ3n) is 20.6. The van der Waals surface area contributed by atoms with Crippen LogP contribution in [0.4, 0.5) is 11.4 Å². The Kier molecular flexibility index (Phi) is 64.3. The van der Waals surface area contributed by atoms with Crippen LogP contribution in [0.5, 0.6) is 5.75 Å². The molecule has 800 valence electrons. The number of aliphatic carboxylic acids is 1. The molecule has 3 aromatic carbocycles. The average Bonchev–Trinajstić information content (AvgIpc) is 1.66. The van der Waals surface area contributed by atoms with Gasteiger partial charge in [-0.25, -0.2) is 38.8 Å². The van der Waals surface area contributed by atoms with Crippen LogP contribution in [-0.2, 0) is 133 Å². The summed E-state index contributed by atoms with van der Waals surface area (Å²) in [5.41, 5.74) is 9.34. The number of amidine groups is 1. The third kappa shape index (κ3) is 53.6. The van der Waals surface area contributed by atoms with Gasteiger partial charge in [0, 0.05) is 81.2 Å². The molecule has 6 fully saturated rings. The number of Topliss-reactive ketones (excluding diaryl/α,β-unsaturated/α-hetero) is 1. The number of nitrogen functional groups attached to an aromatic ring is 2. The predicted molar refractivity (Wildman–Crippen MR) is 495 cm³/mol. The zero-order chi connectivity index (χ0) is 108. The minimum Gasteiger partial charge on any atom is -0.481 e. The van der Waals surface area contributed by atoms with Gasteiger partial charge >= 0.3 is 89.5 Å². The normalized spacial score (nSPS) is 20.1. The molecule has 6 aliphatic heterocycles. The summed E-state index contributed by atoms with van der Waals surface area (Å²) in [5, 5.41) is 110. The second-order valence-electron chi connectivity index (χ2n) is 32.1. The lowest BCUT2D eigenvalue weighted by Gasteiger charge is -2.38. The molecule has 10 atom stereocenters. The number of esters is 11. The molecule has 6 heterocycles. The van der Waals surface area contributed by atoms with Gasteiger partial charge in [0.1, 0.15) is 35.5 Å². The van der Waals surface area contributed by atoms with Crippen LogP contribution in [0.15, 0.2) is 70.6 Å². The minimum atomic E-state index is -1.60. The molecule has 0 bridgehead atoms. The van der Waals surface area contributed by atoms with E-state index in [2.05, 4.69) is 62.0 Å². The van der Waals surface area contributed by atoms with E-state index in [1.165, 1.54) is 68.6 Å². The van der Waals surface area contributed by atoms with Crippen LogP contribution >= 0.6 is 12.0 Å². The SMILES string of the molecule is CC(CO)(CO)C(=O)OCCCCCC(=O)O.CC1(O)CCOC(=O)C1.CC1OC(=O)C(C)OC1=O.CCC1C[C@@H]2NC(C)=NC2[C@@H](O)C1O.COC(=O)CCN(CCC(=O)CO)CCC(=O)OC.COC(=O)CCN(CCO)CCC(=O)OC.C[C@H]1OC(=O)[C@@H](C)OC1=O.Cc1ccc(SOO)cc1.Nc1ccc(N)cc1.O=C1CC2(CCO1)OCCO2.O=COc1cc(C(=O)O)c(C(=O)O)cc1C(=O)O. The van der Waals surface area contributed by atoms with Gasteiger partial charge in [-0.2, -0.15) is 4.33 Å². The highest BCUT2D eigenvalue weighted by atomic mass is 32.2. The van der Waals surface area contributed by atoms with Gasteiger partial charge in [0.2, 0.25) is 0 Å². The largest absolute Gasteiger partial charge is 0.481 e. The monoisotopic (exact) mass is 2050 g/mol. The van der Waals surface area contributed by atoms with E-state index in [4.69, 9.17) is 76.5 Å². The number of carboxylic acids is 4. The number of aromatic carboxylic acids is 3. The Morgan fingerprint density at radius 3 is 1.36 bits per heavy atom. The quantitative estimate of drug-likeness (QED) is 0.00587. The van der Waals surface area contributed by atoms with E-state index in [1.54, 1.807) is 36.1 Å². The standard InChI is InChI=1S/C12H21NO6.C11H20O6.C10H18N2O2.C10H19NO5.C10H6O8.C7H10O4.C7H8O2S.C6H8N2.2C6H8O4.C6H10O3/c1-18-11(16)4-7-13(6-3-10(15)9-14)8-5-12(17)19-2;1-11(7-12,8-13)10(16)17-6-4-2-3-5-9(14)15;1-3-6-4-7-8(10(14)9(6)13)12-5(2)11-7;1-15-9(13)3-5-11(7-8-12)6-4-10(14)16-2;11-3-18-7-2-5(9(14)15)4(8(12)13)1-6(7)10(16)17;8-6-5-7(1-2-9-6)10-3-4-11-7;1-6-2-4-7(5-3-6)10-9-8;7-5-1-2-6(8)4-3-5;2*1-3-5(7)10-4(2)6(8)9-3;1-6(8)2-3-9-5(7)4-6/h14H,3-9H2,1-2H3;12-13H,2-8H2,1H3,(H,14,15);6-10,13-14H,3-4H2,1-2H3,(H,11,12);12H,3-8H2,1-2H3;1-3H,(H,12,13)(H,14,15)(H,16,17);1-5H2;2-5,8H,1H3;1-4H,7-8H2;2*3-4H,1-2H3;8H,2-4H2,1H3/t;;6?,7-,8?,9?,10+;;;;;;3-,4-;;/m..0.....1../s1. The number of nitrogens with zero attached hydrogens (tertiary/aromatic N) is 3. The van der Waals surface area contributed by atoms with Crippen molar-refractivity contribution in [2.24, 2.45) is 16.3 Å². The number of aliphatic hydroxyl groups excluding tert-OH is 6. The molecule has 0 aromatic heterocycles.